The van der Waals surface area contributed by atoms with Gasteiger partial charge in [-0.05, 0) is 44.7 Å². The lowest BCUT2D eigenvalue weighted by Crippen LogP contribution is -2.49. The number of aromatic nitrogens is 4. The van der Waals surface area contributed by atoms with Gasteiger partial charge >= 0.3 is 0 Å². The standard InChI is InChI=1S/C34H43N9S/c1-3-7-28-30(23-8-5-4-6-9-23)39-34(36,44-28)25-12-10-24(11-13-25)31-29-32(35)37-22-38-33(29)43(40-31)27-16-14-26(15-17-27)42-20-18-41(2)19-21-42/h4-6,8-13,22,26-27,39H,3,7,14-21,36H2,1-2H3,(H2,35,37,38). The average Bonchev–Trinajstić information content (AvgIpc) is 3.62. The van der Waals surface area contributed by atoms with Crippen molar-refractivity contribution in [2.24, 2.45) is 5.73 Å². The van der Waals surface area contributed by atoms with Crippen LogP contribution in [0.5, 0.6) is 0 Å². The van der Waals surface area contributed by atoms with E-state index in [4.69, 9.17) is 16.6 Å². The summed E-state index contributed by atoms with van der Waals surface area (Å²) in [6.45, 7) is 6.86. The minimum Gasteiger partial charge on any atom is -0.383 e. The molecule has 1 unspecified atom stereocenters. The maximum atomic E-state index is 7.05. The molecule has 5 N–H and O–H groups in total. The average molecular weight is 610 g/mol. The number of anilines is 1. The third kappa shape index (κ3) is 5.49. The fourth-order valence-corrected chi connectivity index (χ4v) is 8.45. The van der Waals surface area contributed by atoms with Crippen LogP contribution in [-0.4, -0.2) is 68.8 Å². The van der Waals surface area contributed by atoms with Crippen LogP contribution in [0, 0.1) is 0 Å². The van der Waals surface area contributed by atoms with Crippen molar-refractivity contribution in [1.29, 1.82) is 0 Å². The van der Waals surface area contributed by atoms with Crippen molar-refractivity contribution in [2.45, 2.75) is 62.5 Å². The fraction of sp³-hybridized carbons (Fsp3) is 0.441. The van der Waals surface area contributed by atoms with Crippen molar-refractivity contribution in [1.82, 2.24) is 34.9 Å². The number of likely N-dealkylation sites (N-methyl/N-ethyl adjacent to an activating group) is 1. The van der Waals surface area contributed by atoms with Crippen molar-refractivity contribution in [3.8, 4) is 11.3 Å². The number of benzene rings is 2. The molecular weight excluding hydrogens is 567 g/mol. The van der Waals surface area contributed by atoms with Crippen LogP contribution in [0.1, 0.15) is 62.6 Å². The van der Waals surface area contributed by atoms with Crippen molar-refractivity contribution in [2.75, 3.05) is 39.0 Å². The number of fused-ring (bicyclic) bond motifs is 1. The van der Waals surface area contributed by atoms with Crippen LogP contribution in [0.25, 0.3) is 28.0 Å². The molecule has 9 nitrogen and oxygen atoms in total. The Balaban J connectivity index is 1.13. The second kappa shape index (κ2) is 12.2. The van der Waals surface area contributed by atoms with Gasteiger partial charge in [0.2, 0.25) is 0 Å². The first kappa shape index (κ1) is 29.3. The molecule has 0 spiro atoms. The quantitative estimate of drug-likeness (QED) is 0.254. The molecule has 7 rings (SSSR count). The Morgan fingerprint density at radius 3 is 2.32 bits per heavy atom. The van der Waals surface area contributed by atoms with Crippen LogP contribution in [0.2, 0.25) is 0 Å². The minimum absolute atomic E-state index is 0.300. The van der Waals surface area contributed by atoms with Gasteiger partial charge in [-0.3, -0.25) is 10.6 Å². The molecule has 3 aliphatic rings. The Morgan fingerprint density at radius 2 is 1.61 bits per heavy atom. The monoisotopic (exact) mass is 609 g/mol. The molecule has 230 valence electrons. The van der Waals surface area contributed by atoms with E-state index in [0.717, 1.165) is 77.9 Å². The van der Waals surface area contributed by atoms with E-state index in [9.17, 15) is 0 Å². The van der Waals surface area contributed by atoms with E-state index in [1.807, 2.05) is 6.07 Å². The van der Waals surface area contributed by atoms with Crippen LogP contribution < -0.4 is 16.8 Å². The number of hydrogen-bond donors (Lipinski definition) is 3. The van der Waals surface area contributed by atoms with Crippen molar-refractivity contribution in [3.05, 3.63) is 77.0 Å². The van der Waals surface area contributed by atoms with Crippen molar-refractivity contribution in [3.63, 3.8) is 0 Å². The molecule has 0 amide bonds. The molecule has 2 aromatic carbocycles. The molecule has 44 heavy (non-hydrogen) atoms. The second-order valence-electron chi connectivity index (χ2n) is 12.5. The summed E-state index contributed by atoms with van der Waals surface area (Å²) in [6.07, 6.45) is 8.15. The van der Waals surface area contributed by atoms with Gasteiger partial charge < -0.3 is 16.0 Å². The summed E-state index contributed by atoms with van der Waals surface area (Å²) < 4.78 is 2.13. The molecule has 1 aliphatic carbocycles. The highest BCUT2D eigenvalue weighted by Crippen LogP contribution is 2.47. The normalized spacial score (nSPS) is 25.1. The third-order valence-corrected chi connectivity index (χ3v) is 10.9. The topological polar surface area (TPSA) is 114 Å². The Hall–Kier alpha value is -3.44. The Morgan fingerprint density at radius 1 is 0.909 bits per heavy atom. The summed E-state index contributed by atoms with van der Waals surface area (Å²) in [5.74, 6) is 0.468. The van der Waals surface area contributed by atoms with E-state index < -0.39 is 4.99 Å². The highest BCUT2D eigenvalue weighted by atomic mass is 32.2. The molecule has 2 aromatic heterocycles. The van der Waals surface area contributed by atoms with Crippen LogP contribution in [0.4, 0.5) is 5.82 Å². The third-order valence-electron chi connectivity index (χ3n) is 9.58. The Bertz CT molecular complexity index is 1630. The molecule has 10 heteroatoms. The van der Waals surface area contributed by atoms with Crippen molar-refractivity contribution >= 4 is 34.3 Å². The summed E-state index contributed by atoms with van der Waals surface area (Å²) in [5, 5.41) is 9.67. The summed E-state index contributed by atoms with van der Waals surface area (Å²) >= 11 is 1.71. The first-order chi connectivity index (χ1) is 21.4. The minimum atomic E-state index is -0.750. The van der Waals surface area contributed by atoms with Crippen LogP contribution in [0.15, 0.2) is 65.8 Å². The lowest BCUT2D eigenvalue weighted by Gasteiger charge is -2.41. The summed E-state index contributed by atoms with van der Waals surface area (Å²) in [4.78, 5) is 14.7. The lowest BCUT2D eigenvalue weighted by molar-refractivity contribution is 0.0815. The van der Waals surface area contributed by atoms with E-state index in [1.165, 1.54) is 30.8 Å². The van der Waals surface area contributed by atoms with Gasteiger partial charge in [-0.1, -0.05) is 79.7 Å². The molecule has 1 atom stereocenters. The maximum Gasteiger partial charge on any atom is 0.165 e. The zero-order valence-corrected chi connectivity index (χ0v) is 26.6. The van der Waals surface area contributed by atoms with Gasteiger partial charge in [0, 0.05) is 48.3 Å². The smallest absolute Gasteiger partial charge is 0.165 e. The van der Waals surface area contributed by atoms with E-state index >= 15 is 0 Å². The number of nitrogens with one attached hydrogen (secondary N) is 1. The fourth-order valence-electron chi connectivity index (χ4n) is 7.08. The van der Waals surface area contributed by atoms with Crippen molar-refractivity contribution < 1.29 is 0 Å². The van der Waals surface area contributed by atoms with Crippen LogP contribution in [0.3, 0.4) is 0 Å². The zero-order chi connectivity index (χ0) is 30.3. The van der Waals surface area contributed by atoms with Gasteiger partial charge in [-0.25, -0.2) is 14.6 Å². The van der Waals surface area contributed by atoms with Crippen LogP contribution in [-0.2, 0) is 4.99 Å². The zero-order valence-electron chi connectivity index (χ0n) is 25.7. The number of nitrogens with zero attached hydrogens (tertiary/aromatic N) is 6. The SMILES string of the molecule is CCCC1=C(c2ccccc2)NC(N)(c2ccc(-c3nn(C4CCC(N5CCN(C)CC5)CC4)c4ncnc(N)c34)cc2)S1. The molecule has 2 aliphatic heterocycles. The number of nitrogens with two attached hydrogens (primary N) is 2. The predicted octanol–water partition coefficient (Wildman–Crippen LogP) is 5.38. The maximum absolute atomic E-state index is 7.05. The summed E-state index contributed by atoms with van der Waals surface area (Å²) in [6, 6.07) is 19.9. The molecule has 2 fully saturated rings. The number of allylic oxidation sites excluding steroid dienone is 1. The van der Waals surface area contributed by atoms with Gasteiger partial charge in [0.15, 0.2) is 10.6 Å². The van der Waals surface area contributed by atoms with E-state index in [-0.39, 0.29) is 0 Å². The van der Waals surface area contributed by atoms with Gasteiger partial charge in [-0.2, -0.15) is 5.10 Å². The number of hydrogen-bond acceptors (Lipinski definition) is 9. The number of thioether (sulfide) groups is 1. The van der Waals surface area contributed by atoms with Gasteiger partial charge in [0.1, 0.15) is 17.8 Å². The Kier molecular flexibility index (Phi) is 8.09. The predicted molar refractivity (Wildman–Crippen MR) is 180 cm³/mol. The van der Waals surface area contributed by atoms with Gasteiger partial charge in [-0.15, -0.1) is 0 Å². The largest absolute Gasteiger partial charge is 0.383 e. The molecular formula is C34H43N9S. The molecule has 1 saturated carbocycles. The molecule has 4 heterocycles. The number of piperazine rings is 1. The highest BCUT2D eigenvalue weighted by molar-refractivity contribution is 8.04. The Labute approximate surface area is 264 Å². The molecule has 0 bridgehead atoms. The first-order valence-corrected chi connectivity index (χ1v) is 16.8. The van der Waals surface area contributed by atoms with Gasteiger partial charge in [0.25, 0.3) is 0 Å². The van der Waals surface area contributed by atoms with Crippen LogP contribution >= 0.6 is 11.8 Å². The van der Waals surface area contributed by atoms with E-state index in [1.54, 1.807) is 18.1 Å². The highest BCUT2D eigenvalue weighted by Gasteiger charge is 2.38. The second-order valence-corrected chi connectivity index (χ2v) is 13.8. The van der Waals surface area contributed by atoms with E-state index in [2.05, 4.69) is 92.3 Å². The summed E-state index contributed by atoms with van der Waals surface area (Å²) in [7, 11) is 2.22. The molecule has 0 radical (unpaired) electrons. The molecule has 4 aromatic rings. The van der Waals surface area contributed by atoms with E-state index in [0.29, 0.717) is 17.9 Å². The first-order valence-electron chi connectivity index (χ1n) is 16.0. The number of nitrogen functional groups attached to an aromatic ring is 1. The lowest BCUT2D eigenvalue weighted by atomic mass is 9.90. The van der Waals surface area contributed by atoms with Gasteiger partial charge in [0.05, 0.1) is 17.1 Å². The molecule has 1 saturated heterocycles. The number of rotatable bonds is 7. The summed E-state index contributed by atoms with van der Waals surface area (Å²) in [5.41, 5.74) is 19.5.